The maximum absolute atomic E-state index is 13.8. The SMILES string of the molecule is CO[C@]1(C(=O)N[C@@H](C)c2cnc(-n3cc(F)cn3)cn2)CC[C@H](c2nc(Nc3cc(C)[nH]n3)c3cnn(C4CC(F)(F)C4)c3n2)CC1. The molecular weight excluding hydrogens is 617 g/mol. The smallest absolute Gasteiger partial charge is 0.252 e. The fourth-order valence-electron chi connectivity index (χ4n) is 6.26. The van der Waals surface area contributed by atoms with Gasteiger partial charge in [-0.3, -0.25) is 14.9 Å². The summed E-state index contributed by atoms with van der Waals surface area (Å²) in [5.41, 5.74) is 0.771. The highest BCUT2D eigenvalue weighted by Crippen LogP contribution is 2.46. The molecule has 2 fully saturated rings. The van der Waals surface area contributed by atoms with E-state index in [1.165, 1.54) is 30.4 Å². The number of aromatic nitrogens is 10. The monoisotopic (exact) mass is 650 g/mol. The van der Waals surface area contributed by atoms with Crippen molar-refractivity contribution in [2.45, 2.75) is 81.9 Å². The van der Waals surface area contributed by atoms with Crippen LogP contribution >= 0.6 is 0 Å². The molecule has 0 aliphatic heterocycles. The van der Waals surface area contributed by atoms with Gasteiger partial charge in [0, 0.05) is 37.6 Å². The molecule has 0 unspecified atom stereocenters. The van der Waals surface area contributed by atoms with Crippen LogP contribution in [0.15, 0.2) is 37.1 Å². The van der Waals surface area contributed by atoms with E-state index >= 15 is 0 Å². The lowest BCUT2D eigenvalue weighted by molar-refractivity contribution is -0.148. The molecular formula is C30H33F3N12O2. The number of carbonyl (C=O) groups is 1. The molecule has 14 nitrogen and oxygen atoms in total. The highest BCUT2D eigenvalue weighted by atomic mass is 19.3. The normalized spacial score (nSPS) is 21.8. The van der Waals surface area contributed by atoms with E-state index in [1.807, 2.05) is 13.0 Å². The van der Waals surface area contributed by atoms with Gasteiger partial charge in [0.15, 0.2) is 23.1 Å². The first kappa shape index (κ1) is 30.7. The van der Waals surface area contributed by atoms with Crippen molar-refractivity contribution in [3.8, 4) is 5.82 Å². The van der Waals surface area contributed by atoms with Crippen LogP contribution in [0, 0.1) is 12.7 Å². The Labute approximate surface area is 266 Å². The van der Waals surface area contributed by atoms with Gasteiger partial charge in [-0.05, 0) is 39.5 Å². The zero-order chi connectivity index (χ0) is 32.9. The Kier molecular flexibility index (Phi) is 7.65. The number of hydrogen-bond donors (Lipinski definition) is 3. The van der Waals surface area contributed by atoms with Crippen molar-refractivity contribution >= 4 is 28.6 Å². The van der Waals surface area contributed by atoms with Crippen LogP contribution in [0.4, 0.5) is 24.8 Å². The summed E-state index contributed by atoms with van der Waals surface area (Å²) in [5.74, 6) is -1.69. The van der Waals surface area contributed by atoms with Crippen molar-refractivity contribution in [2.75, 3.05) is 12.4 Å². The van der Waals surface area contributed by atoms with Crippen LogP contribution in [0.2, 0.25) is 0 Å². The summed E-state index contributed by atoms with van der Waals surface area (Å²) in [5, 5.41) is 22.3. The number of amides is 1. The van der Waals surface area contributed by atoms with Gasteiger partial charge in [0.05, 0.1) is 54.1 Å². The van der Waals surface area contributed by atoms with Gasteiger partial charge in [0.1, 0.15) is 17.2 Å². The zero-order valence-electron chi connectivity index (χ0n) is 25.9. The third-order valence-corrected chi connectivity index (χ3v) is 9.04. The van der Waals surface area contributed by atoms with E-state index in [0.29, 0.717) is 65.7 Å². The minimum Gasteiger partial charge on any atom is -0.368 e. The number of methoxy groups -OCH3 is 1. The van der Waals surface area contributed by atoms with Crippen molar-refractivity contribution in [1.82, 2.24) is 55.0 Å². The van der Waals surface area contributed by atoms with Gasteiger partial charge in [0.25, 0.3) is 11.8 Å². The van der Waals surface area contributed by atoms with Crippen LogP contribution < -0.4 is 10.6 Å². The second-order valence-corrected chi connectivity index (χ2v) is 12.3. The first-order valence-electron chi connectivity index (χ1n) is 15.3. The molecule has 1 amide bonds. The minimum absolute atomic E-state index is 0.119. The zero-order valence-corrected chi connectivity index (χ0v) is 25.9. The number of H-pyrrole nitrogens is 1. The Hall–Kier alpha value is -4.93. The van der Waals surface area contributed by atoms with Crippen molar-refractivity contribution in [1.29, 1.82) is 0 Å². The lowest BCUT2D eigenvalue weighted by atomic mass is 9.77. The van der Waals surface area contributed by atoms with E-state index in [1.54, 1.807) is 17.8 Å². The predicted octanol–water partition coefficient (Wildman–Crippen LogP) is 4.61. The third kappa shape index (κ3) is 5.90. The number of nitrogens with one attached hydrogen (secondary N) is 3. The summed E-state index contributed by atoms with van der Waals surface area (Å²) in [6.45, 7) is 3.67. The molecule has 3 N–H and O–H groups in total. The molecule has 5 aromatic heterocycles. The fraction of sp³-hybridized carbons (Fsp3) is 0.467. The van der Waals surface area contributed by atoms with E-state index in [4.69, 9.17) is 14.7 Å². The molecule has 2 aliphatic carbocycles. The summed E-state index contributed by atoms with van der Waals surface area (Å²) in [7, 11) is 1.52. The number of rotatable bonds is 9. The van der Waals surface area contributed by atoms with Crippen LogP contribution in [-0.2, 0) is 9.53 Å². The molecule has 47 heavy (non-hydrogen) atoms. The van der Waals surface area contributed by atoms with Crippen LogP contribution in [0.25, 0.3) is 16.9 Å². The molecule has 0 spiro atoms. The van der Waals surface area contributed by atoms with Crippen molar-refractivity contribution < 1.29 is 22.7 Å². The molecule has 17 heteroatoms. The van der Waals surface area contributed by atoms with Crippen LogP contribution in [0.3, 0.4) is 0 Å². The van der Waals surface area contributed by atoms with Crippen molar-refractivity contribution in [3.05, 3.63) is 60.1 Å². The number of nitrogens with zero attached hydrogens (tertiary/aromatic N) is 9. The van der Waals surface area contributed by atoms with Gasteiger partial charge >= 0.3 is 0 Å². The number of halogens is 3. The van der Waals surface area contributed by atoms with Gasteiger partial charge in [-0.2, -0.15) is 15.3 Å². The molecule has 0 radical (unpaired) electrons. The summed E-state index contributed by atoms with van der Waals surface area (Å²) in [6.07, 6.45) is 8.14. The van der Waals surface area contributed by atoms with E-state index in [-0.39, 0.29) is 24.7 Å². The first-order valence-corrected chi connectivity index (χ1v) is 15.3. The van der Waals surface area contributed by atoms with Gasteiger partial charge in [-0.1, -0.05) is 0 Å². The summed E-state index contributed by atoms with van der Waals surface area (Å²) in [4.78, 5) is 32.0. The van der Waals surface area contributed by atoms with Gasteiger partial charge < -0.3 is 15.4 Å². The van der Waals surface area contributed by atoms with Crippen LogP contribution in [-0.4, -0.2) is 74.2 Å². The van der Waals surface area contributed by atoms with Crippen molar-refractivity contribution in [3.63, 3.8) is 0 Å². The minimum atomic E-state index is -2.71. The quantitative estimate of drug-likeness (QED) is 0.205. The van der Waals surface area contributed by atoms with Crippen LogP contribution in [0.1, 0.15) is 80.7 Å². The molecule has 1 atom stereocenters. The Morgan fingerprint density at radius 2 is 1.89 bits per heavy atom. The molecule has 2 saturated carbocycles. The van der Waals surface area contributed by atoms with Crippen molar-refractivity contribution in [2.24, 2.45) is 0 Å². The fourth-order valence-corrected chi connectivity index (χ4v) is 6.26. The van der Waals surface area contributed by atoms with E-state index in [2.05, 4.69) is 41.0 Å². The number of alkyl halides is 2. The molecule has 7 rings (SSSR count). The molecule has 0 bridgehead atoms. The van der Waals surface area contributed by atoms with E-state index in [9.17, 15) is 18.0 Å². The standard InChI is InChI=1S/C30H33F3N12O2/c1-16-8-23(43-42-16)39-26-21-12-37-45(20-9-30(32,33)10-20)27(21)41-25(40-26)18-4-6-29(47-3,7-5-18)28(46)38-17(2)22-13-35-24(14-34-22)44-15-19(31)11-36-44/h8,11-15,17-18,20H,4-7,9-10H2,1-3H3,(H,38,46)(H2,39,40,41,42,43)/t17-,18-,29+/m0/s1. The largest absolute Gasteiger partial charge is 0.368 e. The van der Waals surface area contributed by atoms with Gasteiger partial charge in [-0.15, -0.1) is 0 Å². The number of fused-ring (bicyclic) bond motifs is 1. The number of hydrogen-bond acceptors (Lipinski definition) is 10. The lowest BCUT2D eigenvalue weighted by Gasteiger charge is -2.38. The van der Waals surface area contributed by atoms with E-state index in [0.717, 1.165) is 11.9 Å². The predicted molar refractivity (Wildman–Crippen MR) is 162 cm³/mol. The second kappa shape index (κ2) is 11.7. The first-order chi connectivity index (χ1) is 22.5. The third-order valence-electron chi connectivity index (χ3n) is 9.04. The Morgan fingerprint density at radius 1 is 1.11 bits per heavy atom. The molecule has 2 aliphatic rings. The summed E-state index contributed by atoms with van der Waals surface area (Å²) < 4.78 is 49.6. The van der Waals surface area contributed by atoms with Crippen LogP contribution in [0.5, 0.6) is 0 Å². The topological polar surface area (TPSA) is 166 Å². The summed E-state index contributed by atoms with van der Waals surface area (Å²) in [6, 6.07) is 0.892. The number of aryl methyl sites for hydroxylation is 1. The lowest BCUT2D eigenvalue weighted by Crippen LogP contribution is -2.51. The maximum atomic E-state index is 13.8. The molecule has 0 saturated heterocycles. The Bertz CT molecular complexity index is 1900. The Morgan fingerprint density at radius 3 is 2.51 bits per heavy atom. The average Bonchev–Trinajstić information content (AvgIpc) is 3.79. The number of ether oxygens (including phenoxy) is 1. The second-order valence-electron chi connectivity index (χ2n) is 12.3. The molecule has 0 aromatic carbocycles. The molecule has 5 aromatic rings. The highest BCUT2D eigenvalue weighted by Gasteiger charge is 2.48. The highest BCUT2D eigenvalue weighted by molar-refractivity contribution is 5.88. The van der Waals surface area contributed by atoms with Gasteiger partial charge in [0.2, 0.25) is 0 Å². The number of aromatic amines is 1. The molecule has 246 valence electrons. The average molecular weight is 651 g/mol. The number of carbonyl (C=O) groups excluding carboxylic acids is 1. The summed E-state index contributed by atoms with van der Waals surface area (Å²) >= 11 is 0. The number of anilines is 2. The van der Waals surface area contributed by atoms with E-state index < -0.39 is 29.4 Å². The van der Waals surface area contributed by atoms with Gasteiger partial charge in [-0.25, -0.2) is 37.5 Å². The molecule has 5 heterocycles. The Balaban J connectivity index is 1.08. The maximum Gasteiger partial charge on any atom is 0.252 e.